The fourth-order valence-corrected chi connectivity index (χ4v) is 3.86. The highest BCUT2D eigenvalue weighted by Gasteiger charge is 2.13. The quantitative estimate of drug-likeness (QED) is 0.518. The predicted molar refractivity (Wildman–Crippen MR) is 111 cm³/mol. The van der Waals surface area contributed by atoms with Crippen molar-refractivity contribution in [3.8, 4) is 11.3 Å². The number of amidine groups is 2. The molecule has 0 aliphatic carbocycles. The van der Waals surface area contributed by atoms with Crippen LogP contribution >= 0.6 is 0 Å². The van der Waals surface area contributed by atoms with E-state index >= 15 is 0 Å². The summed E-state index contributed by atoms with van der Waals surface area (Å²) < 4.78 is 2.06. The van der Waals surface area contributed by atoms with Gasteiger partial charge in [0.25, 0.3) is 0 Å². The average Bonchev–Trinajstić information content (AvgIpc) is 3.52. The van der Waals surface area contributed by atoms with E-state index in [1.165, 1.54) is 5.39 Å². The van der Waals surface area contributed by atoms with Gasteiger partial charge in [-0.2, -0.15) is 0 Å². The Morgan fingerprint density at radius 2 is 1.64 bits per heavy atom. The molecule has 138 valence electrons. The first-order chi connectivity index (χ1) is 13.8. The normalized spacial score (nSPS) is 16.3. The van der Waals surface area contributed by atoms with Gasteiger partial charge in [0.15, 0.2) is 0 Å². The van der Waals surface area contributed by atoms with Gasteiger partial charge in [0.05, 0.1) is 13.1 Å². The summed E-state index contributed by atoms with van der Waals surface area (Å²) in [6.45, 7) is 3.46. The van der Waals surface area contributed by atoms with Gasteiger partial charge in [-0.05, 0) is 24.3 Å². The third-order valence-corrected chi connectivity index (χ3v) is 5.25. The number of nitrogens with one attached hydrogen (secondary N) is 3. The lowest BCUT2D eigenvalue weighted by atomic mass is 10.1. The molecule has 0 saturated heterocycles. The molecule has 6 rings (SSSR count). The number of aliphatic imine (C=N–C) groups is 2. The average molecular weight is 369 g/mol. The maximum Gasteiger partial charge on any atom is 0.149 e. The molecule has 3 aromatic heterocycles. The van der Waals surface area contributed by atoms with Crippen LogP contribution in [0.3, 0.4) is 0 Å². The number of hydrogen-bond acceptors (Lipinski definition) is 5. The van der Waals surface area contributed by atoms with E-state index in [0.29, 0.717) is 0 Å². The Bertz CT molecular complexity index is 1250. The number of pyridine rings is 1. The minimum Gasteiger partial charge on any atom is -0.368 e. The van der Waals surface area contributed by atoms with Crippen molar-refractivity contribution in [2.45, 2.75) is 0 Å². The topological polar surface area (TPSA) is 81.9 Å². The van der Waals surface area contributed by atoms with Gasteiger partial charge in [-0.1, -0.05) is 12.1 Å². The number of nitrogens with zero attached hydrogens (tertiary/aromatic N) is 4. The summed E-state index contributed by atoms with van der Waals surface area (Å²) in [6.07, 6.45) is 4.14. The van der Waals surface area contributed by atoms with E-state index in [4.69, 9.17) is 0 Å². The summed E-state index contributed by atoms with van der Waals surface area (Å²) in [4.78, 5) is 17.2. The summed E-state index contributed by atoms with van der Waals surface area (Å²) in [5, 5.41) is 7.80. The first-order valence-electron chi connectivity index (χ1n) is 9.53. The van der Waals surface area contributed by atoms with E-state index in [-0.39, 0.29) is 0 Å². The molecular formula is C21H19N7. The van der Waals surface area contributed by atoms with Gasteiger partial charge in [0.1, 0.15) is 23.0 Å². The van der Waals surface area contributed by atoms with Crippen molar-refractivity contribution in [3.63, 3.8) is 0 Å². The second kappa shape index (κ2) is 5.95. The Kier molecular flexibility index (Phi) is 3.28. The molecule has 0 amide bonds. The largest absolute Gasteiger partial charge is 0.368 e. The second-order valence-electron chi connectivity index (χ2n) is 7.11. The summed E-state index contributed by atoms with van der Waals surface area (Å²) >= 11 is 0. The van der Waals surface area contributed by atoms with Crippen LogP contribution in [0.25, 0.3) is 27.8 Å². The van der Waals surface area contributed by atoms with Gasteiger partial charge in [-0.25, -0.2) is 4.98 Å². The van der Waals surface area contributed by atoms with E-state index in [1.54, 1.807) is 0 Å². The van der Waals surface area contributed by atoms with Crippen LogP contribution in [0.15, 0.2) is 58.8 Å². The minimum absolute atomic E-state index is 0.813. The standard InChI is InChI=1S/C21H19N7/c1-2-14(20-22-5-6-23-20)10-16-13(1)9-17(26-16)15-3-4-19-27-18(12-28(19)11-15)21-24-7-8-25-21/h1-4,9-12,26H,5-8H2,(H,22,23)(H,24,25). The van der Waals surface area contributed by atoms with Crippen molar-refractivity contribution < 1.29 is 0 Å². The lowest BCUT2D eigenvalue weighted by molar-refractivity contribution is 0.959. The van der Waals surface area contributed by atoms with Gasteiger partial charge >= 0.3 is 0 Å². The third-order valence-electron chi connectivity index (χ3n) is 5.25. The summed E-state index contributed by atoms with van der Waals surface area (Å²) in [5.74, 6) is 1.86. The van der Waals surface area contributed by atoms with E-state index in [0.717, 1.165) is 71.5 Å². The molecule has 28 heavy (non-hydrogen) atoms. The van der Waals surface area contributed by atoms with Crippen molar-refractivity contribution in [1.29, 1.82) is 0 Å². The monoisotopic (exact) mass is 369 g/mol. The lowest BCUT2D eigenvalue weighted by Crippen LogP contribution is -2.19. The zero-order chi connectivity index (χ0) is 18.5. The Morgan fingerprint density at radius 3 is 2.46 bits per heavy atom. The molecule has 0 radical (unpaired) electrons. The van der Waals surface area contributed by atoms with Crippen LogP contribution in [0.2, 0.25) is 0 Å². The fourth-order valence-electron chi connectivity index (χ4n) is 3.86. The van der Waals surface area contributed by atoms with Gasteiger partial charge in [0.2, 0.25) is 0 Å². The molecule has 7 heteroatoms. The summed E-state index contributed by atoms with van der Waals surface area (Å²) in [5.41, 5.74) is 6.24. The number of imidazole rings is 1. The zero-order valence-corrected chi connectivity index (χ0v) is 15.2. The van der Waals surface area contributed by atoms with Crippen molar-refractivity contribution >= 4 is 28.2 Å². The number of rotatable bonds is 3. The van der Waals surface area contributed by atoms with Crippen LogP contribution in [-0.2, 0) is 0 Å². The predicted octanol–water partition coefficient (Wildman–Crippen LogP) is 2.18. The smallest absolute Gasteiger partial charge is 0.149 e. The number of aromatic nitrogens is 3. The molecule has 5 heterocycles. The first-order valence-corrected chi connectivity index (χ1v) is 9.53. The molecule has 2 aliphatic rings. The number of aromatic amines is 1. The molecule has 0 unspecified atom stereocenters. The van der Waals surface area contributed by atoms with E-state index in [1.807, 2.05) is 12.3 Å². The van der Waals surface area contributed by atoms with E-state index in [2.05, 4.69) is 71.5 Å². The molecule has 3 N–H and O–H groups in total. The van der Waals surface area contributed by atoms with Crippen molar-refractivity contribution in [3.05, 3.63) is 60.0 Å². The van der Waals surface area contributed by atoms with Crippen molar-refractivity contribution in [2.75, 3.05) is 26.2 Å². The van der Waals surface area contributed by atoms with Crippen molar-refractivity contribution in [1.82, 2.24) is 25.0 Å². The first kappa shape index (κ1) is 15.4. The van der Waals surface area contributed by atoms with Crippen LogP contribution in [0, 0.1) is 0 Å². The van der Waals surface area contributed by atoms with Gasteiger partial charge < -0.3 is 20.0 Å². The maximum absolute atomic E-state index is 4.67. The molecule has 0 bridgehead atoms. The van der Waals surface area contributed by atoms with E-state index in [9.17, 15) is 0 Å². The van der Waals surface area contributed by atoms with Gasteiger partial charge in [-0.3, -0.25) is 9.98 Å². The molecule has 1 aromatic carbocycles. The minimum atomic E-state index is 0.813. The van der Waals surface area contributed by atoms with Crippen LogP contribution in [0.5, 0.6) is 0 Å². The highest BCUT2D eigenvalue weighted by Crippen LogP contribution is 2.26. The molecule has 0 fully saturated rings. The summed E-state index contributed by atoms with van der Waals surface area (Å²) in [7, 11) is 0. The second-order valence-corrected chi connectivity index (χ2v) is 7.11. The van der Waals surface area contributed by atoms with Crippen LogP contribution in [0.4, 0.5) is 0 Å². The molecular weight excluding hydrogens is 350 g/mol. The van der Waals surface area contributed by atoms with Gasteiger partial charge in [-0.15, -0.1) is 0 Å². The molecule has 4 aromatic rings. The number of H-pyrrole nitrogens is 1. The van der Waals surface area contributed by atoms with Crippen LogP contribution < -0.4 is 10.6 Å². The lowest BCUT2D eigenvalue weighted by Gasteiger charge is -2.02. The van der Waals surface area contributed by atoms with Crippen molar-refractivity contribution in [2.24, 2.45) is 9.98 Å². The molecule has 7 nitrogen and oxygen atoms in total. The molecule has 0 saturated carbocycles. The Morgan fingerprint density at radius 1 is 0.821 bits per heavy atom. The highest BCUT2D eigenvalue weighted by atomic mass is 15.1. The number of fused-ring (bicyclic) bond motifs is 2. The van der Waals surface area contributed by atoms with E-state index < -0.39 is 0 Å². The zero-order valence-electron chi connectivity index (χ0n) is 15.2. The molecule has 0 spiro atoms. The van der Waals surface area contributed by atoms with Crippen LogP contribution in [0.1, 0.15) is 11.3 Å². The number of hydrogen-bond donors (Lipinski definition) is 3. The SMILES string of the molecule is c1cc2cc(-c3ccc4nc(C5=NCCN5)cn4c3)[nH]c2cc1C1=NCCN1. The molecule has 0 atom stereocenters. The highest BCUT2D eigenvalue weighted by molar-refractivity contribution is 6.03. The Hall–Kier alpha value is -3.61. The fraction of sp³-hybridized carbons (Fsp3) is 0.190. The van der Waals surface area contributed by atoms with Crippen LogP contribution in [-0.4, -0.2) is 52.2 Å². The van der Waals surface area contributed by atoms with Gasteiger partial charge in [0, 0.05) is 53.2 Å². The Balaban J connectivity index is 1.39. The summed E-state index contributed by atoms with van der Waals surface area (Å²) in [6, 6.07) is 12.8. The number of benzene rings is 1. The Labute approximate surface area is 161 Å². The molecule has 2 aliphatic heterocycles. The maximum atomic E-state index is 4.67. The third kappa shape index (κ3) is 2.47.